The van der Waals surface area contributed by atoms with Crippen LogP contribution in [0.25, 0.3) is 34.4 Å². The molecule has 0 N–H and O–H groups in total. The van der Waals surface area contributed by atoms with Crippen molar-refractivity contribution < 1.29 is 8.42 Å². The predicted octanol–water partition coefficient (Wildman–Crippen LogP) is 10.2. The fraction of sp³-hybridized carbons (Fsp3) is 0.317. The van der Waals surface area contributed by atoms with Crippen LogP contribution in [0.3, 0.4) is 0 Å². The van der Waals surface area contributed by atoms with Gasteiger partial charge in [-0.2, -0.15) is 0 Å². The molecule has 7 rings (SSSR count). The van der Waals surface area contributed by atoms with Gasteiger partial charge >= 0.3 is 0 Å². The summed E-state index contributed by atoms with van der Waals surface area (Å²) in [5.41, 5.74) is 25.7. The Morgan fingerprint density at radius 2 is 0.886 bits per heavy atom. The van der Waals surface area contributed by atoms with E-state index in [2.05, 4.69) is 101 Å². The van der Waals surface area contributed by atoms with Crippen molar-refractivity contribution in [1.29, 1.82) is 0 Å². The summed E-state index contributed by atoms with van der Waals surface area (Å²) < 4.78 is 27.0. The van der Waals surface area contributed by atoms with Crippen LogP contribution < -0.4 is 0 Å². The highest BCUT2D eigenvalue weighted by atomic mass is 32.2. The quantitative estimate of drug-likeness (QED) is 0.202. The molecule has 1 spiro atoms. The van der Waals surface area contributed by atoms with Crippen molar-refractivity contribution in [2.24, 2.45) is 0 Å². The zero-order chi connectivity index (χ0) is 31.9. The highest BCUT2D eigenvalue weighted by Crippen LogP contribution is 2.62. The van der Waals surface area contributed by atoms with Gasteiger partial charge in [0.15, 0.2) is 0 Å². The van der Waals surface area contributed by atoms with Crippen molar-refractivity contribution in [1.82, 2.24) is 0 Å². The third kappa shape index (κ3) is 3.19. The van der Waals surface area contributed by atoms with Gasteiger partial charge in [-0.1, -0.05) is 24.3 Å². The molecule has 3 heteroatoms. The molecule has 0 radical (unpaired) electrons. The van der Waals surface area contributed by atoms with Gasteiger partial charge in [0, 0.05) is 5.41 Å². The molecule has 0 saturated carbocycles. The number of allylic oxidation sites excluding steroid dienone is 1. The van der Waals surface area contributed by atoms with Gasteiger partial charge in [0.25, 0.3) is 0 Å². The molecule has 0 fully saturated rings. The van der Waals surface area contributed by atoms with E-state index in [-0.39, 0.29) is 0 Å². The van der Waals surface area contributed by atoms with Crippen molar-refractivity contribution in [2.75, 3.05) is 0 Å². The zero-order valence-electron chi connectivity index (χ0n) is 28.2. The number of hydrogen-bond donors (Lipinski definition) is 0. The lowest BCUT2D eigenvalue weighted by Gasteiger charge is -2.38. The Morgan fingerprint density at radius 1 is 0.477 bits per heavy atom. The van der Waals surface area contributed by atoms with Crippen molar-refractivity contribution in [3.8, 4) is 22.3 Å². The second kappa shape index (κ2) is 8.95. The molecule has 44 heavy (non-hydrogen) atoms. The Morgan fingerprint density at radius 3 is 1.34 bits per heavy atom. The third-order valence-electron chi connectivity index (χ3n) is 12.2. The van der Waals surface area contributed by atoms with Crippen molar-refractivity contribution in [2.45, 2.75) is 93.4 Å². The Balaban J connectivity index is 1.86. The molecule has 1 heterocycles. The summed E-state index contributed by atoms with van der Waals surface area (Å²) in [6, 6.07) is 4.24. The van der Waals surface area contributed by atoms with Gasteiger partial charge in [-0.15, -0.1) is 0 Å². The molecule has 0 atom stereocenters. The van der Waals surface area contributed by atoms with Gasteiger partial charge in [0.2, 0.25) is 9.84 Å². The number of hydrogen-bond acceptors (Lipinski definition) is 2. The van der Waals surface area contributed by atoms with Crippen molar-refractivity contribution >= 4 is 22.0 Å². The van der Waals surface area contributed by atoms with Crippen LogP contribution in [0.15, 0.2) is 28.5 Å². The van der Waals surface area contributed by atoms with Crippen LogP contribution in [0.1, 0.15) is 94.6 Å². The van der Waals surface area contributed by atoms with Gasteiger partial charge in [-0.3, -0.25) is 0 Å². The first kappa shape index (κ1) is 29.0. The molecule has 1 aliphatic heterocycles. The topological polar surface area (TPSA) is 34.1 Å². The first-order chi connectivity index (χ1) is 20.6. The van der Waals surface area contributed by atoms with E-state index in [1.54, 1.807) is 6.08 Å². The zero-order valence-corrected chi connectivity index (χ0v) is 29.0. The molecular weight excluding hydrogens is 557 g/mol. The molecule has 3 aliphatic rings. The maximum absolute atomic E-state index is 13.5. The molecule has 0 bridgehead atoms. The lowest BCUT2D eigenvalue weighted by Crippen LogP contribution is -2.30. The van der Waals surface area contributed by atoms with Gasteiger partial charge in [0.1, 0.15) is 0 Å². The molecule has 2 aliphatic carbocycles. The fourth-order valence-corrected chi connectivity index (χ4v) is 10.2. The Bertz CT molecular complexity index is 2130. The van der Waals surface area contributed by atoms with E-state index < -0.39 is 15.3 Å². The van der Waals surface area contributed by atoms with Crippen LogP contribution in [-0.2, 0) is 15.3 Å². The van der Waals surface area contributed by atoms with E-state index in [4.69, 9.17) is 0 Å². The highest BCUT2D eigenvalue weighted by Gasteiger charge is 2.49. The average Bonchev–Trinajstić information content (AvgIpc) is 3.48. The Kier molecular flexibility index (Phi) is 5.90. The summed E-state index contributed by atoms with van der Waals surface area (Å²) in [6.07, 6.45) is 6.22. The van der Waals surface area contributed by atoms with Gasteiger partial charge in [0.05, 0.1) is 10.3 Å². The third-order valence-corrected chi connectivity index (χ3v) is 13.7. The maximum atomic E-state index is 13.5. The molecule has 0 saturated heterocycles. The minimum atomic E-state index is -3.53. The minimum Gasteiger partial charge on any atom is -0.219 e. The van der Waals surface area contributed by atoms with E-state index in [1.807, 2.05) is 6.07 Å². The molecule has 224 valence electrons. The lowest BCUT2D eigenvalue weighted by atomic mass is 9.64. The molecule has 4 aromatic carbocycles. The van der Waals surface area contributed by atoms with Crippen LogP contribution in [0.4, 0.5) is 0 Å². The minimum absolute atomic E-state index is 0.448. The van der Waals surface area contributed by atoms with Crippen LogP contribution >= 0.6 is 0 Å². The largest absolute Gasteiger partial charge is 0.219 e. The van der Waals surface area contributed by atoms with Crippen LogP contribution in [0.5, 0.6) is 0 Å². The average molecular weight is 599 g/mol. The van der Waals surface area contributed by atoms with E-state index in [0.717, 1.165) is 16.7 Å². The molecule has 0 amide bonds. The molecular formula is C41H42O2S. The molecule has 2 nitrogen and oxygen atoms in total. The standard InChI is InChI=1S/C41H42O2S/c1-19-20(2)26(8)35-34(25(19)7)36-27(9)21(3)23(5)29(11)38(36)41(39-30(12)24(6)22(4)28(10)37(35)39)17-15-32-33(41)14-13-31-16-18-44(42,43)40(31)32/h13-18H,1-12H3. The highest BCUT2D eigenvalue weighted by molar-refractivity contribution is 7.95. The first-order valence-electron chi connectivity index (χ1n) is 15.7. The van der Waals surface area contributed by atoms with E-state index in [1.165, 1.54) is 106 Å². The number of benzene rings is 4. The summed E-state index contributed by atoms with van der Waals surface area (Å²) in [7, 11) is -3.53. The molecule has 4 aromatic rings. The van der Waals surface area contributed by atoms with Crippen molar-refractivity contribution in [3.63, 3.8) is 0 Å². The number of sulfone groups is 1. The second-order valence-corrected chi connectivity index (χ2v) is 15.5. The summed E-state index contributed by atoms with van der Waals surface area (Å²) in [6.45, 7) is 27.4. The molecule has 0 unspecified atom stereocenters. The molecule has 0 aromatic heterocycles. The fourth-order valence-electron chi connectivity index (χ4n) is 8.84. The van der Waals surface area contributed by atoms with Gasteiger partial charge in [-0.25, -0.2) is 8.42 Å². The summed E-state index contributed by atoms with van der Waals surface area (Å²) in [5, 5.41) is 1.37. The normalized spacial score (nSPS) is 16.1. The maximum Gasteiger partial charge on any atom is 0.201 e. The van der Waals surface area contributed by atoms with E-state index >= 15 is 0 Å². The summed E-state index contributed by atoms with van der Waals surface area (Å²) in [4.78, 5) is 0.448. The summed E-state index contributed by atoms with van der Waals surface area (Å²) in [5.74, 6) is 0. The van der Waals surface area contributed by atoms with Gasteiger partial charge in [-0.05, 0) is 206 Å². The van der Waals surface area contributed by atoms with Crippen LogP contribution in [0, 0.1) is 83.1 Å². The van der Waals surface area contributed by atoms with E-state index in [0.29, 0.717) is 4.90 Å². The van der Waals surface area contributed by atoms with Crippen LogP contribution in [-0.4, -0.2) is 8.42 Å². The second-order valence-electron chi connectivity index (χ2n) is 13.7. The monoisotopic (exact) mass is 598 g/mol. The predicted molar refractivity (Wildman–Crippen MR) is 186 cm³/mol. The van der Waals surface area contributed by atoms with Crippen molar-refractivity contribution in [3.05, 3.63) is 118 Å². The number of rotatable bonds is 0. The van der Waals surface area contributed by atoms with E-state index in [9.17, 15) is 8.42 Å². The first-order valence-corrected chi connectivity index (χ1v) is 17.3. The number of fused-ring (bicyclic) bond motifs is 11. The lowest BCUT2D eigenvalue weighted by molar-refractivity contribution is 0.605. The SMILES string of the molecule is Cc1c(C)c(C)c2c(c1C)-c1c(C)c(C)c(C)c(C)c1C1(C=Cc3c1ccc1c3S(=O)(=O)C=C1)c1c(C)c(C)c(C)c(C)c1-2. The Hall–Kier alpha value is -3.69. The summed E-state index contributed by atoms with van der Waals surface area (Å²) >= 11 is 0. The Labute approximate surface area is 263 Å². The van der Waals surface area contributed by atoms with Gasteiger partial charge < -0.3 is 0 Å². The smallest absolute Gasteiger partial charge is 0.201 e. The van der Waals surface area contributed by atoms with Crippen LogP contribution in [0.2, 0.25) is 0 Å².